The molecular formula is C11H12ClNO4. The van der Waals surface area contributed by atoms with Gasteiger partial charge in [0.05, 0.1) is 17.5 Å². The first-order chi connectivity index (χ1) is 7.93. The van der Waals surface area contributed by atoms with Gasteiger partial charge in [-0.05, 0) is 12.1 Å². The highest BCUT2D eigenvalue weighted by atomic mass is 35.5. The van der Waals surface area contributed by atoms with Crippen LogP contribution in [0, 0.1) is 5.92 Å². The van der Waals surface area contributed by atoms with Crippen molar-refractivity contribution in [1.29, 1.82) is 0 Å². The predicted molar refractivity (Wildman–Crippen MR) is 62.3 cm³/mol. The number of nitrogens with two attached hydrogens (primary N) is 1. The van der Waals surface area contributed by atoms with Crippen LogP contribution in [0.5, 0.6) is 5.75 Å². The molecule has 0 radical (unpaired) electrons. The number of primary amides is 1. The number of carboxylic acid groups (broad SMARTS) is 1. The maximum atomic E-state index is 11.0. The zero-order chi connectivity index (χ0) is 13.0. The summed E-state index contributed by atoms with van der Waals surface area (Å²) in [5.41, 5.74) is 4.95. The molecule has 1 rings (SSSR count). The van der Waals surface area contributed by atoms with Gasteiger partial charge in [0.25, 0.3) is 0 Å². The molecule has 17 heavy (non-hydrogen) atoms. The second-order valence-corrected chi connectivity index (χ2v) is 3.94. The molecule has 0 aromatic heterocycles. The number of carbonyl (C=O) groups excluding carboxylic acids is 1. The molecule has 0 aliphatic carbocycles. The molecule has 0 fully saturated rings. The van der Waals surface area contributed by atoms with Crippen molar-refractivity contribution in [3.05, 3.63) is 28.8 Å². The van der Waals surface area contributed by atoms with Crippen LogP contribution in [0.2, 0.25) is 5.02 Å². The molecule has 1 aromatic carbocycles. The van der Waals surface area contributed by atoms with E-state index in [1.165, 1.54) is 12.1 Å². The van der Waals surface area contributed by atoms with Gasteiger partial charge < -0.3 is 15.6 Å². The standard InChI is InChI=1S/C11H12ClNO4/c1-6(10(13)14)5-17-8-4-2-3-7(12)9(8)11(15)16/h2-4,6H,5H2,1H3,(H2,13,14)(H,15,16). The Balaban J connectivity index is 2.88. The fourth-order valence-electron chi connectivity index (χ4n) is 1.13. The molecule has 0 heterocycles. The minimum absolute atomic E-state index is 0.00988. The van der Waals surface area contributed by atoms with Gasteiger partial charge in [-0.25, -0.2) is 4.79 Å². The van der Waals surface area contributed by atoms with Crippen molar-refractivity contribution in [2.24, 2.45) is 11.7 Å². The molecule has 1 atom stereocenters. The summed E-state index contributed by atoms with van der Waals surface area (Å²) in [5, 5.41) is 9.05. The number of amides is 1. The lowest BCUT2D eigenvalue weighted by atomic mass is 10.2. The van der Waals surface area contributed by atoms with E-state index in [0.29, 0.717) is 0 Å². The number of aromatic carboxylic acids is 1. The van der Waals surface area contributed by atoms with E-state index >= 15 is 0 Å². The van der Waals surface area contributed by atoms with E-state index in [9.17, 15) is 9.59 Å². The largest absolute Gasteiger partial charge is 0.492 e. The van der Waals surface area contributed by atoms with Gasteiger partial charge in [-0.2, -0.15) is 0 Å². The number of carboxylic acids is 1. The summed E-state index contributed by atoms with van der Waals surface area (Å²) in [6.07, 6.45) is 0. The van der Waals surface area contributed by atoms with Crippen LogP contribution in [-0.2, 0) is 4.79 Å². The topological polar surface area (TPSA) is 89.6 Å². The number of halogens is 1. The summed E-state index contributed by atoms with van der Waals surface area (Å²) < 4.78 is 5.24. The van der Waals surface area contributed by atoms with Crippen LogP contribution in [0.15, 0.2) is 18.2 Å². The third-order valence-corrected chi connectivity index (χ3v) is 2.48. The third kappa shape index (κ3) is 3.35. The summed E-state index contributed by atoms with van der Waals surface area (Å²) in [5.74, 6) is -2.07. The van der Waals surface area contributed by atoms with Crippen molar-refractivity contribution in [2.45, 2.75) is 6.92 Å². The highest BCUT2D eigenvalue weighted by Gasteiger charge is 2.17. The van der Waals surface area contributed by atoms with E-state index in [0.717, 1.165) is 0 Å². The Morgan fingerprint density at radius 3 is 2.71 bits per heavy atom. The molecule has 3 N–H and O–H groups in total. The molecule has 0 spiro atoms. The minimum atomic E-state index is -1.18. The van der Waals surface area contributed by atoms with Crippen molar-refractivity contribution < 1.29 is 19.4 Å². The first-order valence-electron chi connectivity index (χ1n) is 4.87. The van der Waals surface area contributed by atoms with Crippen LogP contribution in [0.1, 0.15) is 17.3 Å². The minimum Gasteiger partial charge on any atom is -0.492 e. The molecule has 0 saturated heterocycles. The normalized spacial score (nSPS) is 11.9. The second kappa shape index (κ2) is 5.54. The predicted octanol–water partition coefficient (Wildman–Crippen LogP) is 1.54. The number of benzene rings is 1. The van der Waals surface area contributed by atoms with Crippen LogP contribution < -0.4 is 10.5 Å². The van der Waals surface area contributed by atoms with Crippen LogP contribution in [0.4, 0.5) is 0 Å². The lowest BCUT2D eigenvalue weighted by Crippen LogP contribution is -2.26. The van der Waals surface area contributed by atoms with Crippen molar-refractivity contribution in [1.82, 2.24) is 0 Å². The lowest BCUT2D eigenvalue weighted by Gasteiger charge is -2.12. The van der Waals surface area contributed by atoms with Crippen LogP contribution in [-0.4, -0.2) is 23.6 Å². The van der Waals surface area contributed by atoms with Crippen molar-refractivity contribution in [3.63, 3.8) is 0 Å². The van der Waals surface area contributed by atoms with Crippen LogP contribution in [0.25, 0.3) is 0 Å². The van der Waals surface area contributed by atoms with E-state index in [2.05, 4.69) is 0 Å². The molecule has 6 heteroatoms. The van der Waals surface area contributed by atoms with Gasteiger partial charge in [0, 0.05) is 0 Å². The molecular weight excluding hydrogens is 246 g/mol. The zero-order valence-corrected chi connectivity index (χ0v) is 9.90. The van der Waals surface area contributed by atoms with Gasteiger partial charge in [0.15, 0.2) is 0 Å². The van der Waals surface area contributed by atoms with E-state index in [4.69, 9.17) is 27.2 Å². The van der Waals surface area contributed by atoms with Gasteiger partial charge >= 0.3 is 5.97 Å². The van der Waals surface area contributed by atoms with Crippen molar-refractivity contribution in [3.8, 4) is 5.75 Å². The molecule has 1 amide bonds. The van der Waals surface area contributed by atoms with Gasteiger partial charge in [0.2, 0.25) is 5.91 Å². The zero-order valence-electron chi connectivity index (χ0n) is 9.14. The molecule has 0 aliphatic rings. The number of carbonyl (C=O) groups is 2. The third-order valence-electron chi connectivity index (χ3n) is 2.16. The van der Waals surface area contributed by atoms with Gasteiger partial charge in [-0.3, -0.25) is 4.79 Å². The summed E-state index contributed by atoms with van der Waals surface area (Å²) in [4.78, 5) is 21.8. The Morgan fingerprint density at radius 2 is 2.18 bits per heavy atom. The maximum Gasteiger partial charge on any atom is 0.341 e. The fraction of sp³-hybridized carbons (Fsp3) is 0.273. The van der Waals surface area contributed by atoms with Crippen molar-refractivity contribution >= 4 is 23.5 Å². The highest BCUT2D eigenvalue weighted by molar-refractivity contribution is 6.33. The Labute approximate surface area is 103 Å². The van der Waals surface area contributed by atoms with E-state index in [1.54, 1.807) is 13.0 Å². The van der Waals surface area contributed by atoms with Crippen molar-refractivity contribution in [2.75, 3.05) is 6.61 Å². The molecule has 0 saturated carbocycles. The first kappa shape index (κ1) is 13.3. The Kier molecular flexibility index (Phi) is 4.34. The Morgan fingerprint density at radius 1 is 1.53 bits per heavy atom. The first-order valence-corrected chi connectivity index (χ1v) is 5.25. The number of rotatable bonds is 5. The quantitative estimate of drug-likeness (QED) is 0.837. The van der Waals surface area contributed by atoms with Crippen LogP contribution in [0.3, 0.4) is 0 Å². The molecule has 1 aromatic rings. The number of hydrogen-bond acceptors (Lipinski definition) is 3. The van der Waals surface area contributed by atoms with Crippen LogP contribution >= 0.6 is 11.6 Å². The SMILES string of the molecule is CC(COc1cccc(Cl)c1C(=O)O)C(N)=O. The Bertz CT molecular complexity index is 447. The molecule has 5 nitrogen and oxygen atoms in total. The number of hydrogen-bond donors (Lipinski definition) is 2. The van der Waals surface area contributed by atoms with Gasteiger partial charge in [-0.15, -0.1) is 0 Å². The summed E-state index contributed by atoms with van der Waals surface area (Å²) in [7, 11) is 0. The molecule has 92 valence electrons. The van der Waals surface area contributed by atoms with E-state index in [1.807, 2.05) is 0 Å². The number of ether oxygens (including phenoxy) is 1. The van der Waals surface area contributed by atoms with Gasteiger partial charge in [0.1, 0.15) is 11.3 Å². The second-order valence-electron chi connectivity index (χ2n) is 3.53. The summed E-state index contributed by atoms with van der Waals surface area (Å²) >= 11 is 5.75. The maximum absolute atomic E-state index is 11.0. The monoisotopic (exact) mass is 257 g/mol. The average Bonchev–Trinajstić information content (AvgIpc) is 2.24. The molecule has 0 bridgehead atoms. The summed E-state index contributed by atoms with van der Waals surface area (Å²) in [6.45, 7) is 1.60. The fourth-order valence-corrected chi connectivity index (χ4v) is 1.38. The average molecular weight is 258 g/mol. The highest BCUT2D eigenvalue weighted by Crippen LogP contribution is 2.26. The molecule has 0 aliphatic heterocycles. The molecule has 1 unspecified atom stereocenters. The van der Waals surface area contributed by atoms with E-state index in [-0.39, 0.29) is 22.9 Å². The van der Waals surface area contributed by atoms with E-state index < -0.39 is 17.8 Å². The Hall–Kier alpha value is -1.75. The smallest absolute Gasteiger partial charge is 0.341 e. The summed E-state index contributed by atoms with van der Waals surface area (Å²) in [6, 6.07) is 4.50. The lowest BCUT2D eigenvalue weighted by molar-refractivity contribution is -0.122. The van der Waals surface area contributed by atoms with Gasteiger partial charge in [-0.1, -0.05) is 24.6 Å².